The van der Waals surface area contributed by atoms with Crippen LogP contribution in [0.15, 0.2) is 0 Å². The molecular formula is C17H26O4. The number of ether oxygens (including phenoxy) is 2. The Balaban J connectivity index is 2.08. The third-order valence-electron chi connectivity index (χ3n) is 6.46. The number of Topliss-reactive ketones (excluding diaryl/α,β-unsaturated/α-hetero) is 1. The van der Waals surface area contributed by atoms with Crippen molar-refractivity contribution < 1.29 is 19.1 Å². The van der Waals surface area contributed by atoms with Crippen molar-refractivity contribution in [2.24, 2.45) is 17.3 Å². The quantitative estimate of drug-likeness (QED) is 0.551. The molecule has 2 saturated carbocycles. The first-order valence-electron chi connectivity index (χ1n) is 8.07. The summed E-state index contributed by atoms with van der Waals surface area (Å²) in [7, 11) is 0. The molecular weight excluding hydrogens is 268 g/mol. The van der Waals surface area contributed by atoms with Crippen molar-refractivity contribution in [2.75, 3.05) is 0 Å². The third-order valence-corrected chi connectivity index (χ3v) is 6.46. The smallest absolute Gasteiger partial charge is 0.303 e. The molecule has 1 saturated heterocycles. The van der Waals surface area contributed by atoms with Crippen molar-refractivity contribution in [3.63, 3.8) is 0 Å². The first-order chi connectivity index (χ1) is 9.66. The highest BCUT2D eigenvalue weighted by Crippen LogP contribution is 2.65. The van der Waals surface area contributed by atoms with Gasteiger partial charge in [0.15, 0.2) is 11.4 Å². The molecule has 0 amide bonds. The summed E-state index contributed by atoms with van der Waals surface area (Å²) < 4.78 is 11.6. The maximum absolute atomic E-state index is 12.8. The predicted molar refractivity (Wildman–Crippen MR) is 77.7 cm³/mol. The Morgan fingerprint density at radius 1 is 1.29 bits per heavy atom. The first-order valence-corrected chi connectivity index (χ1v) is 8.07. The normalized spacial score (nSPS) is 47.9. The summed E-state index contributed by atoms with van der Waals surface area (Å²) in [5.41, 5.74) is -1.63. The van der Waals surface area contributed by atoms with Crippen LogP contribution in [0.25, 0.3) is 0 Å². The number of carbonyl (C=O) groups excluding carboxylic acids is 2. The van der Waals surface area contributed by atoms with Crippen LogP contribution >= 0.6 is 0 Å². The Morgan fingerprint density at radius 2 is 1.90 bits per heavy atom. The van der Waals surface area contributed by atoms with Crippen LogP contribution in [0.2, 0.25) is 0 Å². The summed E-state index contributed by atoms with van der Waals surface area (Å²) in [6.07, 6.45) is 3.41. The van der Waals surface area contributed by atoms with Crippen molar-refractivity contribution in [1.82, 2.24) is 0 Å². The molecule has 2 aliphatic carbocycles. The van der Waals surface area contributed by atoms with Crippen LogP contribution < -0.4 is 0 Å². The van der Waals surface area contributed by atoms with Crippen LogP contribution in [-0.2, 0) is 19.1 Å². The van der Waals surface area contributed by atoms with Gasteiger partial charge in [-0.25, -0.2) is 0 Å². The molecule has 21 heavy (non-hydrogen) atoms. The molecule has 4 heteroatoms. The van der Waals surface area contributed by atoms with Crippen LogP contribution in [0.3, 0.4) is 0 Å². The molecule has 3 fully saturated rings. The van der Waals surface area contributed by atoms with Crippen molar-refractivity contribution in [3.05, 3.63) is 0 Å². The van der Waals surface area contributed by atoms with E-state index >= 15 is 0 Å². The molecule has 1 heterocycles. The summed E-state index contributed by atoms with van der Waals surface area (Å²) in [6, 6.07) is 0. The Bertz CT molecular complexity index is 497. The maximum Gasteiger partial charge on any atom is 0.303 e. The molecule has 0 aromatic carbocycles. The lowest BCUT2D eigenvalue weighted by molar-refractivity contribution is -0.186. The zero-order chi connectivity index (χ0) is 15.6. The van der Waals surface area contributed by atoms with E-state index in [9.17, 15) is 9.59 Å². The fourth-order valence-corrected chi connectivity index (χ4v) is 4.96. The van der Waals surface area contributed by atoms with E-state index in [0.29, 0.717) is 18.3 Å². The van der Waals surface area contributed by atoms with E-state index in [1.54, 1.807) is 0 Å². The van der Waals surface area contributed by atoms with Crippen molar-refractivity contribution in [3.8, 4) is 0 Å². The van der Waals surface area contributed by atoms with Gasteiger partial charge in [0.2, 0.25) is 0 Å². The summed E-state index contributed by atoms with van der Waals surface area (Å²) in [4.78, 5) is 24.5. The summed E-state index contributed by atoms with van der Waals surface area (Å²) in [5.74, 6) is 0.516. The van der Waals surface area contributed by atoms with E-state index < -0.39 is 17.3 Å². The number of ketones is 1. The Hall–Kier alpha value is -0.900. The van der Waals surface area contributed by atoms with Crippen molar-refractivity contribution in [1.29, 1.82) is 0 Å². The highest BCUT2D eigenvalue weighted by atomic mass is 16.7. The van der Waals surface area contributed by atoms with Crippen LogP contribution in [0.5, 0.6) is 0 Å². The highest BCUT2D eigenvalue weighted by Gasteiger charge is 2.80. The molecule has 0 bridgehead atoms. The van der Waals surface area contributed by atoms with Gasteiger partial charge in [-0.15, -0.1) is 0 Å². The average Bonchev–Trinajstić information content (AvgIpc) is 2.94. The second-order valence-corrected chi connectivity index (χ2v) is 7.86. The summed E-state index contributed by atoms with van der Waals surface area (Å²) in [5, 5.41) is 0. The fourth-order valence-electron chi connectivity index (χ4n) is 4.96. The molecule has 1 aliphatic heterocycles. The number of hydrogen-bond donors (Lipinski definition) is 0. The molecule has 0 unspecified atom stereocenters. The van der Waals surface area contributed by atoms with E-state index in [-0.39, 0.29) is 17.2 Å². The van der Waals surface area contributed by atoms with E-state index in [4.69, 9.17) is 9.47 Å². The zero-order valence-electron chi connectivity index (χ0n) is 13.7. The Morgan fingerprint density at radius 3 is 2.43 bits per heavy atom. The van der Waals surface area contributed by atoms with Gasteiger partial charge in [0.05, 0.1) is 0 Å². The van der Waals surface area contributed by atoms with Gasteiger partial charge in [0.25, 0.3) is 0 Å². The molecule has 0 radical (unpaired) electrons. The van der Waals surface area contributed by atoms with Crippen LogP contribution in [0.1, 0.15) is 60.3 Å². The van der Waals surface area contributed by atoms with Gasteiger partial charge in [-0.1, -0.05) is 26.7 Å². The number of hydrogen-bond acceptors (Lipinski definition) is 4. The first kappa shape index (κ1) is 15.0. The second kappa shape index (κ2) is 4.31. The van der Waals surface area contributed by atoms with Gasteiger partial charge in [-0.2, -0.15) is 0 Å². The molecule has 4 nitrogen and oxygen atoms in total. The molecule has 3 rings (SSSR count). The zero-order valence-corrected chi connectivity index (χ0v) is 13.7. The maximum atomic E-state index is 12.8. The van der Waals surface area contributed by atoms with Crippen LogP contribution in [-0.4, -0.2) is 29.1 Å². The van der Waals surface area contributed by atoms with E-state index in [1.807, 2.05) is 13.8 Å². The van der Waals surface area contributed by atoms with E-state index in [1.165, 1.54) is 6.92 Å². The highest BCUT2D eigenvalue weighted by molar-refractivity contribution is 5.94. The number of rotatable bonds is 1. The van der Waals surface area contributed by atoms with Gasteiger partial charge in [0, 0.05) is 18.8 Å². The molecule has 0 aromatic rings. The standard InChI is InChI=1S/C17H26O4/c1-10-7-6-8-12-9-13(19)17(15(3,4)21-17)14(16(10,12)5)20-11(2)18/h10,12,14H,6-9H2,1-5H3/t10-,12+,14-,16+,17+/m0/s1. The summed E-state index contributed by atoms with van der Waals surface area (Å²) >= 11 is 0. The minimum atomic E-state index is -0.921. The van der Waals surface area contributed by atoms with Crippen molar-refractivity contribution >= 4 is 11.8 Å². The molecule has 0 N–H and O–H groups in total. The van der Waals surface area contributed by atoms with Gasteiger partial charge >= 0.3 is 5.97 Å². The Kier molecular flexibility index (Phi) is 3.08. The van der Waals surface area contributed by atoms with Crippen LogP contribution in [0, 0.1) is 17.3 Å². The number of fused-ring (bicyclic) bond motifs is 1. The molecule has 3 aliphatic rings. The molecule has 1 spiro atoms. The Labute approximate surface area is 126 Å². The largest absolute Gasteiger partial charge is 0.458 e. The molecule has 5 atom stereocenters. The van der Waals surface area contributed by atoms with E-state index in [2.05, 4.69) is 13.8 Å². The monoisotopic (exact) mass is 294 g/mol. The number of esters is 1. The minimum Gasteiger partial charge on any atom is -0.458 e. The molecule has 118 valence electrons. The van der Waals surface area contributed by atoms with Gasteiger partial charge in [-0.3, -0.25) is 9.59 Å². The third kappa shape index (κ3) is 1.77. The van der Waals surface area contributed by atoms with Gasteiger partial charge in [-0.05, 0) is 32.1 Å². The van der Waals surface area contributed by atoms with Crippen LogP contribution in [0.4, 0.5) is 0 Å². The fraction of sp³-hybridized carbons (Fsp3) is 0.882. The van der Waals surface area contributed by atoms with E-state index in [0.717, 1.165) is 19.3 Å². The lowest BCUT2D eigenvalue weighted by atomic mass is 9.51. The lowest BCUT2D eigenvalue weighted by Crippen LogP contribution is -2.63. The minimum absolute atomic E-state index is 0.121. The molecule has 0 aromatic heterocycles. The average molecular weight is 294 g/mol. The second-order valence-electron chi connectivity index (χ2n) is 7.86. The lowest BCUT2D eigenvalue weighted by Gasteiger charge is -2.54. The summed E-state index contributed by atoms with van der Waals surface area (Å²) in [6.45, 7) is 9.70. The van der Waals surface area contributed by atoms with Crippen molar-refractivity contribution in [2.45, 2.75) is 77.6 Å². The number of carbonyl (C=O) groups is 2. The SMILES string of the molecule is CC(=O)O[C@H]1[C@@]2(C)[C@H](CCC[C@@H]2C)CC(=O)[C@@]12OC2(C)C. The topological polar surface area (TPSA) is 55.9 Å². The van der Waals surface area contributed by atoms with Gasteiger partial charge in [0.1, 0.15) is 11.7 Å². The predicted octanol–water partition coefficient (Wildman–Crippen LogP) is 2.88. The number of epoxide rings is 1. The van der Waals surface area contributed by atoms with Gasteiger partial charge < -0.3 is 9.47 Å².